The van der Waals surface area contributed by atoms with E-state index < -0.39 is 29.5 Å². The molecule has 0 amide bonds. The zero-order valence-corrected chi connectivity index (χ0v) is 8.99. The highest BCUT2D eigenvalue weighted by Crippen LogP contribution is 2.31. The second-order valence-electron chi connectivity index (χ2n) is 4.06. The second-order valence-corrected chi connectivity index (χ2v) is 4.06. The van der Waals surface area contributed by atoms with Crippen LogP contribution in [0.2, 0.25) is 0 Å². The van der Waals surface area contributed by atoms with Gasteiger partial charge in [0.05, 0.1) is 11.6 Å². The Labute approximate surface area is 99.4 Å². The van der Waals surface area contributed by atoms with Crippen LogP contribution in [0.25, 0.3) is 0 Å². The summed E-state index contributed by atoms with van der Waals surface area (Å²) in [5, 5.41) is 8.81. The number of carbonyl (C=O) groups is 2. The van der Waals surface area contributed by atoms with Crippen molar-refractivity contribution in [2.24, 2.45) is 5.92 Å². The van der Waals surface area contributed by atoms with Crippen LogP contribution in [0.5, 0.6) is 0 Å². The summed E-state index contributed by atoms with van der Waals surface area (Å²) >= 11 is 0. The third-order valence-electron chi connectivity index (χ3n) is 2.79. The van der Waals surface area contributed by atoms with Crippen LogP contribution in [-0.4, -0.2) is 21.8 Å². The molecule has 7 heteroatoms. The van der Waals surface area contributed by atoms with Crippen molar-refractivity contribution in [2.45, 2.75) is 19.0 Å². The van der Waals surface area contributed by atoms with Gasteiger partial charge in [0.2, 0.25) is 0 Å². The molecule has 0 radical (unpaired) electrons. The Balaban J connectivity index is 2.43. The van der Waals surface area contributed by atoms with Crippen LogP contribution in [-0.2, 0) is 17.4 Å². The highest BCUT2D eigenvalue weighted by molar-refractivity contribution is 6.00. The number of carbonyl (C=O) groups excluding carboxylic acids is 1. The molecule has 1 aliphatic carbocycles. The molecule has 96 valence electrons. The maximum atomic E-state index is 12.4. The lowest BCUT2D eigenvalue weighted by Gasteiger charge is -2.20. The smallest absolute Gasteiger partial charge is 0.433 e. The maximum absolute atomic E-state index is 12.4. The third kappa shape index (κ3) is 2.20. The van der Waals surface area contributed by atoms with Gasteiger partial charge in [-0.3, -0.25) is 9.59 Å². The summed E-state index contributed by atoms with van der Waals surface area (Å²) in [6.07, 6.45) is -4.95. The summed E-state index contributed by atoms with van der Waals surface area (Å²) in [6.45, 7) is 0. The number of hydrogen-bond acceptors (Lipinski definition) is 3. The number of hydrogen-bond donors (Lipinski definition) is 1. The van der Waals surface area contributed by atoms with Crippen molar-refractivity contribution in [3.05, 3.63) is 29.1 Å². The molecule has 0 aromatic carbocycles. The van der Waals surface area contributed by atoms with E-state index >= 15 is 0 Å². The van der Waals surface area contributed by atoms with Crippen molar-refractivity contribution < 1.29 is 27.9 Å². The van der Waals surface area contributed by atoms with Crippen LogP contribution >= 0.6 is 0 Å². The van der Waals surface area contributed by atoms with E-state index in [1.165, 1.54) is 0 Å². The first kappa shape index (κ1) is 12.5. The molecule has 0 saturated carbocycles. The van der Waals surface area contributed by atoms with E-state index in [1.54, 1.807) is 0 Å². The van der Waals surface area contributed by atoms with Crippen molar-refractivity contribution >= 4 is 11.8 Å². The molecule has 1 atom stereocenters. The molecule has 0 fully saturated rings. The van der Waals surface area contributed by atoms with Crippen molar-refractivity contribution in [1.82, 2.24) is 4.98 Å². The quantitative estimate of drug-likeness (QED) is 0.836. The Bertz CT molecular complexity index is 525. The molecule has 1 unspecified atom stereocenters. The molecule has 18 heavy (non-hydrogen) atoms. The van der Waals surface area contributed by atoms with Crippen LogP contribution in [0.15, 0.2) is 12.1 Å². The summed E-state index contributed by atoms with van der Waals surface area (Å²) < 4.78 is 37.3. The standard InChI is InChI=1S/C11H8F3NO3/c12-11(13,14)9-2-1-6-7(15-9)3-5(10(17)18)4-8(6)16/h1-2,5H,3-4H2,(H,17,18). The van der Waals surface area contributed by atoms with Crippen LogP contribution < -0.4 is 0 Å². The molecular weight excluding hydrogens is 251 g/mol. The fourth-order valence-corrected chi connectivity index (χ4v) is 1.88. The SMILES string of the molecule is O=C1CC(C(=O)O)Cc2nc(C(F)(F)F)ccc21. The normalized spacial score (nSPS) is 19.5. The van der Waals surface area contributed by atoms with Gasteiger partial charge in [0.1, 0.15) is 5.69 Å². The van der Waals surface area contributed by atoms with Crippen LogP contribution in [0.4, 0.5) is 13.2 Å². The number of alkyl halides is 3. The number of halogens is 3. The van der Waals surface area contributed by atoms with E-state index in [-0.39, 0.29) is 24.1 Å². The molecule has 1 N–H and O–H groups in total. The van der Waals surface area contributed by atoms with Gasteiger partial charge < -0.3 is 5.11 Å². The number of Topliss-reactive ketones (excluding diaryl/α,β-unsaturated/α-hetero) is 1. The second kappa shape index (κ2) is 4.08. The van der Waals surface area contributed by atoms with Crippen molar-refractivity contribution in [2.75, 3.05) is 0 Å². The number of aliphatic carboxylic acids is 1. The number of ketones is 1. The lowest BCUT2D eigenvalue weighted by Crippen LogP contribution is -2.28. The van der Waals surface area contributed by atoms with E-state index in [0.717, 1.165) is 12.1 Å². The molecule has 1 heterocycles. The van der Waals surface area contributed by atoms with Gasteiger partial charge in [-0.15, -0.1) is 0 Å². The zero-order chi connectivity index (χ0) is 13.5. The third-order valence-corrected chi connectivity index (χ3v) is 2.79. The number of aromatic nitrogens is 1. The van der Waals surface area contributed by atoms with Crippen molar-refractivity contribution in [3.63, 3.8) is 0 Å². The lowest BCUT2D eigenvalue weighted by molar-refractivity contribution is -0.141. The first-order chi connectivity index (χ1) is 8.29. The van der Waals surface area contributed by atoms with Gasteiger partial charge >= 0.3 is 12.1 Å². The Morgan fingerprint density at radius 1 is 1.33 bits per heavy atom. The van der Waals surface area contributed by atoms with Gasteiger partial charge in [-0.25, -0.2) is 4.98 Å². The molecule has 1 aromatic heterocycles. The number of pyridine rings is 1. The van der Waals surface area contributed by atoms with Crippen LogP contribution in [0.3, 0.4) is 0 Å². The molecule has 0 bridgehead atoms. The molecular formula is C11H8F3NO3. The fraction of sp³-hybridized carbons (Fsp3) is 0.364. The Hall–Kier alpha value is -1.92. The number of rotatable bonds is 1. The minimum Gasteiger partial charge on any atom is -0.481 e. The van der Waals surface area contributed by atoms with Crippen molar-refractivity contribution in [1.29, 1.82) is 0 Å². The van der Waals surface area contributed by atoms with E-state index in [4.69, 9.17) is 5.11 Å². The van der Waals surface area contributed by atoms with E-state index in [2.05, 4.69) is 4.98 Å². The number of carboxylic acids is 1. The molecule has 1 aliphatic rings. The highest BCUT2D eigenvalue weighted by Gasteiger charge is 2.36. The lowest BCUT2D eigenvalue weighted by atomic mass is 9.86. The topological polar surface area (TPSA) is 67.3 Å². The fourth-order valence-electron chi connectivity index (χ4n) is 1.88. The van der Waals surface area contributed by atoms with Gasteiger partial charge in [0, 0.05) is 18.4 Å². The highest BCUT2D eigenvalue weighted by atomic mass is 19.4. The van der Waals surface area contributed by atoms with Gasteiger partial charge in [-0.2, -0.15) is 13.2 Å². The largest absolute Gasteiger partial charge is 0.481 e. The van der Waals surface area contributed by atoms with Gasteiger partial charge in [-0.1, -0.05) is 0 Å². The molecule has 0 aliphatic heterocycles. The summed E-state index contributed by atoms with van der Waals surface area (Å²) in [4.78, 5) is 25.7. The summed E-state index contributed by atoms with van der Waals surface area (Å²) in [5.74, 6) is -2.68. The molecule has 0 saturated heterocycles. The molecule has 4 nitrogen and oxygen atoms in total. The van der Waals surface area contributed by atoms with Crippen LogP contribution in [0.1, 0.15) is 28.2 Å². The predicted octanol–water partition coefficient (Wildman–Crippen LogP) is 1.93. The molecule has 2 rings (SSSR count). The predicted molar refractivity (Wildman–Crippen MR) is 53.0 cm³/mol. The van der Waals surface area contributed by atoms with Gasteiger partial charge in [0.15, 0.2) is 5.78 Å². The molecule has 0 spiro atoms. The van der Waals surface area contributed by atoms with Gasteiger partial charge in [0.25, 0.3) is 0 Å². The zero-order valence-electron chi connectivity index (χ0n) is 8.99. The summed E-state index contributed by atoms with van der Waals surface area (Å²) in [6, 6.07) is 1.80. The van der Waals surface area contributed by atoms with E-state index in [0.29, 0.717) is 0 Å². The number of nitrogens with zero attached hydrogens (tertiary/aromatic N) is 1. The number of fused-ring (bicyclic) bond motifs is 1. The Morgan fingerprint density at radius 2 is 2.00 bits per heavy atom. The first-order valence-electron chi connectivity index (χ1n) is 5.12. The maximum Gasteiger partial charge on any atom is 0.433 e. The first-order valence-corrected chi connectivity index (χ1v) is 5.12. The summed E-state index contributed by atoms with van der Waals surface area (Å²) in [7, 11) is 0. The average molecular weight is 259 g/mol. The minimum atomic E-state index is -4.60. The molecule has 1 aromatic rings. The Kier molecular flexibility index (Phi) is 2.84. The number of carboxylic acid groups (broad SMARTS) is 1. The average Bonchev–Trinajstić information content (AvgIpc) is 2.26. The van der Waals surface area contributed by atoms with E-state index in [9.17, 15) is 22.8 Å². The van der Waals surface area contributed by atoms with E-state index in [1.807, 2.05) is 0 Å². The van der Waals surface area contributed by atoms with Crippen molar-refractivity contribution in [3.8, 4) is 0 Å². The summed E-state index contributed by atoms with van der Waals surface area (Å²) in [5.41, 5.74) is -1.12. The minimum absolute atomic E-state index is 0.0838. The monoisotopic (exact) mass is 259 g/mol. The Morgan fingerprint density at radius 3 is 2.56 bits per heavy atom. The van der Waals surface area contributed by atoms with Crippen LogP contribution in [0, 0.1) is 5.92 Å². The van der Waals surface area contributed by atoms with Gasteiger partial charge in [-0.05, 0) is 12.1 Å².